The smallest absolute Gasteiger partial charge is 0.222 e. The quantitative estimate of drug-likeness (QED) is 0.751. The summed E-state index contributed by atoms with van der Waals surface area (Å²) in [7, 11) is 0. The molecule has 0 saturated carbocycles. The molecule has 0 bridgehead atoms. The molecule has 2 atom stereocenters. The van der Waals surface area contributed by atoms with Crippen LogP contribution in [0.5, 0.6) is 5.75 Å². The minimum atomic E-state index is -0.0468. The van der Waals surface area contributed by atoms with E-state index in [1.807, 2.05) is 60.4 Å². The summed E-state index contributed by atoms with van der Waals surface area (Å²) in [5.41, 5.74) is 1.12. The van der Waals surface area contributed by atoms with E-state index in [0.29, 0.717) is 26.1 Å². The van der Waals surface area contributed by atoms with Gasteiger partial charge in [-0.05, 0) is 31.0 Å². The molecule has 2 aromatic carbocycles. The van der Waals surface area contributed by atoms with Crippen LogP contribution in [-0.2, 0) is 9.53 Å². The standard InChI is InChI=1S/C21H25NO3/c1-17-15-22(16-20(25-17)18-9-4-2-5-10-18)21(23)13-8-14-24-19-11-6-3-7-12-19/h2-7,9-12,17,20H,8,13-16H2,1H3. The Morgan fingerprint density at radius 2 is 1.76 bits per heavy atom. The number of para-hydroxylation sites is 1. The van der Waals surface area contributed by atoms with Crippen molar-refractivity contribution in [2.75, 3.05) is 19.7 Å². The lowest BCUT2D eigenvalue weighted by molar-refractivity contribution is -0.145. The number of carbonyl (C=O) groups is 1. The zero-order chi connectivity index (χ0) is 17.5. The molecule has 132 valence electrons. The molecule has 1 fully saturated rings. The number of amides is 1. The monoisotopic (exact) mass is 339 g/mol. The molecule has 1 aliphatic heterocycles. The van der Waals surface area contributed by atoms with Crippen LogP contribution >= 0.6 is 0 Å². The van der Waals surface area contributed by atoms with Crippen LogP contribution in [0.15, 0.2) is 60.7 Å². The molecule has 1 saturated heterocycles. The maximum absolute atomic E-state index is 12.5. The average molecular weight is 339 g/mol. The predicted octanol–water partition coefficient (Wildman–Crippen LogP) is 3.83. The molecule has 3 rings (SSSR count). The maximum atomic E-state index is 12.5. The molecule has 4 nitrogen and oxygen atoms in total. The van der Waals surface area contributed by atoms with Crippen LogP contribution in [0.25, 0.3) is 0 Å². The highest BCUT2D eigenvalue weighted by Gasteiger charge is 2.28. The number of hydrogen-bond acceptors (Lipinski definition) is 3. The van der Waals surface area contributed by atoms with Crippen molar-refractivity contribution in [3.8, 4) is 5.75 Å². The number of ether oxygens (including phenoxy) is 2. The molecule has 0 aromatic heterocycles. The average Bonchev–Trinajstić information content (AvgIpc) is 2.66. The van der Waals surface area contributed by atoms with Crippen molar-refractivity contribution in [2.45, 2.75) is 32.0 Å². The second-order valence-corrected chi connectivity index (χ2v) is 6.41. The molecule has 0 aliphatic carbocycles. The summed E-state index contributed by atoms with van der Waals surface area (Å²) in [6, 6.07) is 19.8. The summed E-state index contributed by atoms with van der Waals surface area (Å²) in [5.74, 6) is 1.02. The first-order chi connectivity index (χ1) is 12.2. The Balaban J connectivity index is 1.47. The summed E-state index contributed by atoms with van der Waals surface area (Å²) in [6.07, 6.45) is 1.22. The lowest BCUT2D eigenvalue weighted by Gasteiger charge is -2.37. The molecule has 2 unspecified atom stereocenters. The Kier molecular flexibility index (Phi) is 6.07. The van der Waals surface area contributed by atoms with Gasteiger partial charge < -0.3 is 14.4 Å². The number of nitrogens with zero attached hydrogens (tertiary/aromatic N) is 1. The van der Waals surface area contributed by atoms with Crippen molar-refractivity contribution in [3.63, 3.8) is 0 Å². The van der Waals surface area contributed by atoms with Crippen molar-refractivity contribution in [2.24, 2.45) is 0 Å². The molecule has 0 radical (unpaired) electrons. The van der Waals surface area contributed by atoms with Gasteiger partial charge in [0.15, 0.2) is 0 Å². The highest BCUT2D eigenvalue weighted by molar-refractivity contribution is 5.76. The van der Waals surface area contributed by atoms with Gasteiger partial charge >= 0.3 is 0 Å². The van der Waals surface area contributed by atoms with Crippen molar-refractivity contribution in [1.29, 1.82) is 0 Å². The van der Waals surface area contributed by atoms with Gasteiger partial charge in [-0.3, -0.25) is 4.79 Å². The molecule has 2 aromatic rings. The van der Waals surface area contributed by atoms with E-state index in [1.165, 1.54) is 0 Å². The SMILES string of the molecule is CC1CN(C(=O)CCCOc2ccccc2)CC(c2ccccc2)O1. The molecule has 1 heterocycles. The van der Waals surface area contributed by atoms with Crippen LogP contribution in [-0.4, -0.2) is 36.6 Å². The normalized spacial score (nSPS) is 20.3. The predicted molar refractivity (Wildman–Crippen MR) is 97.5 cm³/mol. The topological polar surface area (TPSA) is 38.8 Å². The van der Waals surface area contributed by atoms with Crippen LogP contribution in [0, 0.1) is 0 Å². The van der Waals surface area contributed by atoms with Gasteiger partial charge in [0.25, 0.3) is 0 Å². The number of hydrogen-bond donors (Lipinski definition) is 0. The molecular formula is C21H25NO3. The Hall–Kier alpha value is -2.33. The van der Waals surface area contributed by atoms with Crippen molar-refractivity contribution in [1.82, 2.24) is 4.90 Å². The van der Waals surface area contributed by atoms with E-state index in [-0.39, 0.29) is 18.1 Å². The summed E-state index contributed by atoms with van der Waals surface area (Å²) < 4.78 is 11.7. The highest BCUT2D eigenvalue weighted by Crippen LogP contribution is 2.25. The molecular weight excluding hydrogens is 314 g/mol. The van der Waals surface area contributed by atoms with E-state index in [2.05, 4.69) is 12.1 Å². The molecule has 4 heteroatoms. The first-order valence-electron chi connectivity index (χ1n) is 8.88. The van der Waals surface area contributed by atoms with Crippen LogP contribution in [0.3, 0.4) is 0 Å². The van der Waals surface area contributed by atoms with E-state index in [4.69, 9.17) is 9.47 Å². The zero-order valence-electron chi connectivity index (χ0n) is 14.6. The number of carbonyl (C=O) groups excluding carboxylic acids is 1. The second kappa shape index (κ2) is 8.67. The van der Waals surface area contributed by atoms with Gasteiger partial charge in [-0.2, -0.15) is 0 Å². The summed E-state index contributed by atoms with van der Waals surface area (Å²) in [5, 5.41) is 0. The fourth-order valence-electron chi connectivity index (χ4n) is 3.10. The third-order valence-electron chi connectivity index (χ3n) is 4.33. The van der Waals surface area contributed by atoms with Gasteiger partial charge in [0.05, 0.1) is 19.3 Å². The molecule has 25 heavy (non-hydrogen) atoms. The van der Waals surface area contributed by atoms with Gasteiger partial charge in [-0.15, -0.1) is 0 Å². The van der Waals surface area contributed by atoms with Crippen LogP contribution in [0.1, 0.15) is 31.4 Å². The largest absolute Gasteiger partial charge is 0.494 e. The molecule has 0 spiro atoms. The Labute approximate surface area is 149 Å². The van der Waals surface area contributed by atoms with Gasteiger partial charge in [0.1, 0.15) is 11.9 Å². The first kappa shape index (κ1) is 17.5. The summed E-state index contributed by atoms with van der Waals surface area (Å²) >= 11 is 0. The van der Waals surface area contributed by atoms with E-state index in [0.717, 1.165) is 17.7 Å². The summed E-state index contributed by atoms with van der Waals surface area (Å²) in [4.78, 5) is 14.5. The maximum Gasteiger partial charge on any atom is 0.222 e. The second-order valence-electron chi connectivity index (χ2n) is 6.41. The van der Waals surface area contributed by atoms with Crippen LogP contribution in [0.2, 0.25) is 0 Å². The number of benzene rings is 2. The Bertz CT molecular complexity index is 659. The highest BCUT2D eigenvalue weighted by atomic mass is 16.5. The van der Waals surface area contributed by atoms with Crippen molar-refractivity contribution < 1.29 is 14.3 Å². The minimum Gasteiger partial charge on any atom is -0.494 e. The molecule has 1 aliphatic rings. The lowest BCUT2D eigenvalue weighted by Crippen LogP contribution is -2.46. The van der Waals surface area contributed by atoms with Crippen LogP contribution < -0.4 is 4.74 Å². The summed E-state index contributed by atoms with van der Waals surface area (Å²) in [6.45, 7) is 3.85. The number of morpholine rings is 1. The third kappa shape index (κ3) is 5.07. The van der Waals surface area contributed by atoms with Crippen molar-refractivity contribution >= 4 is 5.91 Å². The van der Waals surface area contributed by atoms with Gasteiger partial charge in [-0.1, -0.05) is 48.5 Å². The molecule has 1 amide bonds. The van der Waals surface area contributed by atoms with E-state index in [9.17, 15) is 4.79 Å². The van der Waals surface area contributed by atoms with Crippen molar-refractivity contribution in [3.05, 3.63) is 66.2 Å². The van der Waals surface area contributed by atoms with E-state index in [1.54, 1.807) is 0 Å². The third-order valence-corrected chi connectivity index (χ3v) is 4.33. The number of rotatable bonds is 6. The Morgan fingerprint density at radius 1 is 1.08 bits per heavy atom. The lowest BCUT2D eigenvalue weighted by atomic mass is 10.1. The zero-order valence-corrected chi connectivity index (χ0v) is 14.6. The minimum absolute atomic E-state index is 0.0449. The fraction of sp³-hybridized carbons (Fsp3) is 0.381. The first-order valence-corrected chi connectivity index (χ1v) is 8.88. The van der Waals surface area contributed by atoms with E-state index >= 15 is 0 Å². The van der Waals surface area contributed by atoms with Gasteiger partial charge in [0, 0.05) is 13.0 Å². The van der Waals surface area contributed by atoms with Gasteiger partial charge in [-0.25, -0.2) is 0 Å². The van der Waals surface area contributed by atoms with E-state index < -0.39 is 0 Å². The van der Waals surface area contributed by atoms with Crippen LogP contribution in [0.4, 0.5) is 0 Å². The Morgan fingerprint density at radius 3 is 2.48 bits per heavy atom. The van der Waals surface area contributed by atoms with Gasteiger partial charge in [0.2, 0.25) is 5.91 Å². The fourth-order valence-corrected chi connectivity index (χ4v) is 3.10. The molecule has 0 N–H and O–H groups in total.